The van der Waals surface area contributed by atoms with Crippen molar-refractivity contribution in [1.82, 2.24) is 14.9 Å². The van der Waals surface area contributed by atoms with Crippen molar-refractivity contribution in [2.24, 2.45) is 0 Å². The maximum absolute atomic E-state index is 12.7. The maximum Gasteiger partial charge on any atom is 0.348 e. The Bertz CT molecular complexity index is 1130. The summed E-state index contributed by atoms with van der Waals surface area (Å²) in [6.07, 6.45) is -0.689. The van der Waals surface area contributed by atoms with Gasteiger partial charge in [0.1, 0.15) is 15.5 Å². The van der Waals surface area contributed by atoms with E-state index in [9.17, 15) is 14.7 Å². The van der Waals surface area contributed by atoms with Crippen LogP contribution < -0.4 is 5.56 Å². The number of aromatic amines is 1. The summed E-state index contributed by atoms with van der Waals surface area (Å²) in [5.74, 6) is 0.0386. The Hall–Kier alpha value is -2.59. The summed E-state index contributed by atoms with van der Waals surface area (Å²) in [5, 5.41) is 10.9. The first-order valence-electron chi connectivity index (χ1n) is 11.0. The molecule has 0 aliphatic heterocycles. The van der Waals surface area contributed by atoms with Crippen LogP contribution >= 0.6 is 11.3 Å². The second kappa shape index (κ2) is 11.5. The first-order valence-corrected chi connectivity index (χ1v) is 11.8. The quantitative estimate of drug-likeness (QED) is 0.412. The van der Waals surface area contributed by atoms with E-state index in [1.807, 2.05) is 49.1 Å². The molecule has 2 heterocycles. The largest absolute Gasteiger partial charge is 0.462 e. The number of esters is 1. The zero-order chi connectivity index (χ0) is 24.0. The van der Waals surface area contributed by atoms with Crippen molar-refractivity contribution in [2.45, 2.75) is 53.0 Å². The number of aryl methyl sites for hydroxylation is 1. The number of H-pyrrole nitrogens is 1. The number of carbonyl (C=O) groups is 1. The maximum atomic E-state index is 12.7. The average molecular weight is 474 g/mol. The van der Waals surface area contributed by atoms with E-state index < -0.39 is 12.1 Å². The second-order valence-corrected chi connectivity index (χ2v) is 9.15. The van der Waals surface area contributed by atoms with E-state index in [1.54, 1.807) is 13.8 Å². The van der Waals surface area contributed by atoms with Gasteiger partial charge in [-0.2, -0.15) is 0 Å². The number of carbonyl (C=O) groups excluding carboxylic acids is 1. The number of aliphatic hydroxyl groups is 1. The number of hydrogen-bond donors (Lipinski definition) is 2. The van der Waals surface area contributed by atoms with E-state index in [0.717, 1.165) is 5.56 Å². The third-order valence-corrected chi connectivity index (χ3v) is 6.43. The highest BCUT2D eigenvalue weighted by Gasteiger charge is 2.22. The molecule has 1 aromatic carbocycles. The van der Waals surface area contributed by atoms with Crippen LogP contribution in [0.1, 0.15) is 47.4 Å². The van der Waals surface area contributed by atoms with Gasteiger partial charge in [-0.15, -0.1) is 11.3 Å². The molecule has 0 bridgehead atoms. The van der Waals surface area contributed by atoms with Crippen LogP contribution in [0.15, 0.2) is 35.1 Å². The van der Waals surface area contributed by atoms with Gasteiger partial charge in [0.05, 0.1) is 37.9 Å². The number of rotatable bonds is 11. The van der Waals surface area contributed by atoms with Crippen LogP contribution in [0.4, 0.5) is 0 Å². The summed E-state index contributed by atoms with van der Waals surface area (Å²) in [5.41, 5.74) is 1.35. The van der Waals surface area contributed by atoms with Crippen molar-refractivity contribution in [1.29, 1.82) is 0 Å². The van der Waals surface area contributed by atoms with Crippen molar-refractivity contribution in [3.05, 3.63) is 62.5 Å². The highest BCUT2D eigenvalue weighted by molar-refractivity contribution is 7.20. The second-order valence-electron chi connectivity index (χ2n) is 8.15. The molecule has 1 unspecified atom stereocenters. The van der Waals surface area contributed by atoms with Crippen LogP contribution in [0.25, 0.3) is 10.2 Å². The molecule has 0 aliphatic rings. The van der Waals surface area contributed by atoms with E-state index in [-0.39, 0.29) is 24.8 Å². The molecule has 0 spiro atoms. The van der Waals surface area contributed by atoms with Crippen molar-refractivity contribution in [2.75, 3.05) is 19.8 Å². The standard InChI is InChI=1S/C24H31N3O5S/c1-5-32-24(30)21-16(4)20-22(29)25-19(26-23(20)33-21)12-27(15(2)3)11-18(28)14-31-13-17-9-7-6-8-10-17/h6-10,15,18,28H,5,11-14H2,1-4H3,(H,25,26,29). The minimum Gasteiger partial charge on any atom is -0.462 e. The molecule has 0 amide bonds. The number of nitrogens with one attached hydrogen (secondary N) is 1. The lowest BCUT2D eigenvalue weighted by atomic mass is 10.2. The number of fused-ring (bicyclic) bond motifs is 1. The van der Waals surface area contributed by atoms with Crippen molar-refractivity contribution in [3.63, 3.8) is 0 Å². The van der Waals surface area contributed by atoms with Gasteiger partial charge in [-0.1, -0.05) is 30.3 Å². The summed E-state index contributed by atoms with van der Waals surface area (Å²) >= 11 is 1.17. The number of benzene rings is 1. The number of thiophene rings is 1. The predicted octanol–water partition coefficient (Wildman–Crippen LogP) is 3.26. The highest BCUT2D eigenvalue weighted by atomic mass is 32.1. The summed E-state index contributed by atoms with van der Waals surface area (Å²) in [6.45, 7) is 9.13. The van der Waals surface area contributed by atoms with E-state index in [1.165, 1.54) is 11.3 Å². The van der Waals surface area contributed by atoms with E-state index in [0.29, 0.717) is 46.2 Å². The van der Waals surface area contributed by atoms with E-state index in [2.05, 4.69) is 9.97 Å². The Morgan fingerprint density at radius 2 is 2.00 bits per heavy atom. The normalized spacial score (nSPS) is 12.6. The molecule has 8 nitrogen and oxygen atoms in total. The summed E-state index contributed by atoms with van der Waals surface area (Å²) in [4.78, 5) is 35.3. The van der Waals surface area contributed by atoms with Crippen molar-refractivity contribution >= 4 is 27.5 Å². The zero-order valence-electron chi connectivity index (χ0n) is 19.5. The van der Waals surface area contributed by atoms with Crippen LogP contribution in [0.2, 0.25) is 0 Å². The molecular weight excluding hydrogens is 442 g/mol. The fraction of sp³-hybridized carbons (Fsp3) is 0.458. The van der Waals surface area contributed by atoms with E-state index in [4.69, 9.17) is 9.47 Å². The Labute approximate surface area is 197 Å². The monoisotopic (exact) mass is 473 g/mol. The molecule has 3 aromatic rings. The molecule has 2 aromatic heterocycles. The van der Waals surface area contributed by atoms with Gasteiger partial charge in [-0.3, -0.25) is 9.69 Å². The lowest BCUT2D eigenvalue weighted by Gasteiger charge is -2.28. The number of hydrogen-bond acceptors (Lipinski definition) is 8. The first kappa shape index (κ1) is 25.0. The van der Waals surface area contributed by atoms with Gasteiger partial charge in [0.15, 0.2) is 0 Å². The zero-order valence-corrected chi connectivity index (χ0v) is 20.3. The smallest absolute Gasteiger partial charge is 0.348 e. The van der Waals surface area contributed by atoms with Crippen molar-refractivity contribution in [3.8, 4) is 0 Å². The summed E-state index contributed by atoms with van der Waals surface area (Å²) in [7, 11) is 0. The Kier molecular flexibility index (Phi) is 8.74. The molecule has 0 aliphatic carbocycles. The number of ether oxygens (including phenoxy) is 2. The minimum absolute atomic E-state index is 0.106. The van der Waals surface area contributed by atoms with Gasteiger partial charge in [0.2, 0.25) is 0 Å². The van der Waals surface area contributed by atoms with Gasteiger partial charge in [-0.05, 0) is 38.8 Å². The van der Waals surface area contributed by atoms with Crippen LogP contribution in [0.3, 0.4) is 0 Å². The van der Waals surface area contributed by atoms with Crippen LogP contribution in [-0.2, 0) is 22.6 Å². The van der Waals surface area contributed by atoms with Crippen LogP contribution in [0, 0.1) is 6.92 Å². The fourth-order valence-corrected chi connectivity index (χ4v) is 4.61. The number of aromatic nitrogens is 2. The third kappa shape index (κ3) is 6.48. The van der Waals surface area contributed by atoms with Crippen LogP contribution in [0.5, 0.6) is 0 Å². The topological polar surface area (TPSA) is 105 Å². The van der Waals surface area contributed by atoms with Gasteiger partial charge in [-0.25, -0.2) is 9.78 Å². The Morgan fingerprint density at radius 1 is 1.27 bits per heavy atom. The fourth-order valence-electron chi connectivity index (χ4n) is 3.52. The predicted molar refractivity (Wildman–Crippen MR) is 129 cm³/mol. The van der Waals surface area contributed by atoms with Crippen LogP contribution in [-0.4, -0.2) is 57.8 Å². The minimum atomic E-state index is -0.689. The Balaban J connectivity index is 1.68. The molecule has 0 radical (unpaired) electrons. The van der Waals surface area contributed by atoms with E-state index >= 15 is 0 Å². The lowest BCUT2D eigenvalue weighted by molar-refractivity contribution is 0.00267. The molecule has 33 heavy (non-hydrogen) atoms. The Morgan fingerprint density at radius 3 is 2.67 bits per heavy atom. The third-order valence-electron chi connectivity index (χ3n) is 5.26. The van der Waals surface area contributed by atoms with Gasteiger partial charge < -0.3 is 19.6 Å². The number of nitrogens with zero attached hydrogens (tertiary/aromatic N) is 2. The van der Waals surface area contributed by atoms with Gasteiger partial charge in [0, 0.05) is 12.6 Å². The molecule has 178 valence electrons. The lowest BCUT2D eigenvalue weighted by Crippen LogP contribution is -2.39. The number of aliphatic hydroxyl groups excluding tert-OH is 1. The SMILES string of the molecule is CCOC(=O)c1sc2nc(CN(CC(O)COCc3ccccc3)C(C)C)[nH]c(=O)c2c1C. The molecular formula is C24H31N3O5S. The average Bonchev–Trinajstić information content (AvgIpc) is 3.11. The van der Waals surface area contributed by atoms with Crippen molar-refractivity contribution < 1.29 is 19.4 Å². The van der Waals surface area contributed by atoms with Gasteiger partial charge in [0.25, 0.3) is 5.56 Å². The molecule has 9 heteroatoms. The molecule has 0 fully saturated rings. The molecule has 1 atom stereocenters. The molecule has 3 rings (SSSR count). The summed E-state index contributed by atoms with van der Waals surface area (Å²) < 4.78 is 10.7. The molecule has 2 N–H and O–H groups in total. The van der Waals surface area contributed by atoms with Gasteiger partial charge >= 0.3 is 5.97 Å². The highest BCUT2D eigenvalue weighted by Crippen LogP contribution is 2.27. The molecule has 0 saturated carbocycles. The summed E-state index contributed by atoms with van der Waals surface area (Å²) in [6, 6.07) is 9.91. The first-order chi connectivity index (χ1) is 15.8. The molecule has 0 saturated heterocycles.